The monoisotopic (exact) mass is 395 g/mol. The van der Waals surface area contributed by atoms with Crippen LogP contribution in [0.15, 0.2) is 73.6 Å². The van der Waals surface area contributed by atoms with E-state index >= 15 is 0 Å². The first-order chi connectivity index (χ1) is 13.2. The molecule has 0 aliphatic rings. The highest BCUT2D eigenvalue weighted by molar-refractivity contribution is 6.35. The molecule has 136 valence electrons. The highest BCUT2D eigenvalue weighted by Crippen LogP contribution is 2.38. The van der Waals surface area contributed by atoms with Crippen LogP contribution in [0.4, 0.5) is 0 Å². The van der Waals surface area contributed by atoms with E-state index in [1.165, 1.54) is 11.1 Å². The molecule has 0 saturated carbocycles. The highest BCUT2D eigenvalue weighted by Gasteiger charge is 2.23. The third-order valence-corrected chi connectivity index (χ3v) is 5.39. The zero-order valence-corrected chi connectivity index (χ0v) is 16.4. The van der Waals surface area contributed by atoms with Crippen molar-refractivity contribution in [2.75, 3.05) is 0 Å². The summed E-state index contributed by atoms with van der Waals surface area (Å²) in [7, 11) is 0. The second kappa shape index (κ2) is 7.63. The van der Waals surface area contributed by atoms with Gasteiger partial charge in [0.2, 0.25) is 0 Å². The van der Waals surface area contributed by atoms with Gasteiger partial charge in [0.15, 0.2) is 0 Å². The van der Waals surface area contributed by atoms with E-state index in [4.69, 9.17) is 23.2 Å². The van der Waals surface area contributed by atoms with E-state index in [2.05, 4.69) is 45.7 Å². The maximum Gasteiger partial charge on any atom is 0.0954 e. The molecule has 0 bridgehead atoms. The minimum atomic E-state index is -0.107. The van der Waals surface area contributed by atoms with Gasteiger partial charge in [-0.15, -0.1) is 0 Å². The van der Waals surface area contributed by atoms with Crippen LogP contribution in [0.3, 0.4) is 0 Å². The molecule has 0 aliphatic heterocycles. The van der Waals surface area contributed by atoms with Gasteiger partial charge in [-0.3, -0.25) is 0 Å². The number of H-pyrrole nitrogens is 1. The molecule has 27 heavy (non-hydrogen) atoms. The molecule has 5 heteroatoms. The van der Waals surface area contributed by atoms with Crippen LogP contribution in [0.1, 0.15) is 29.7 Å². The summed E-state index contributed by atoms with van der Waals surface area (Å²) in [5.41, 5.74) is 5.73. The van der Waals surface area contributed by atoms with Crippen molar-refractivity contribution < 1.29 is 0 Å². The number of nitrogens with one attached hydrogen (secondary N) is 1. The molecular formula is C22H19Cl2N3. The quantitative estimate of drug-likeness (QED) is 0.417. The van der Waals surface area contributed by atoms with Gasteiger partial charge in [0, 0.05) is 46.0 Å². The van der Waals surface area contributed by atoms with E-state index < -0.39 is 0 Å². The Hall–Kier alpha value is -2.49. The second-order valence-corrected chi connectivity index (χ2v) is 7.30. The number of imidazole rings is 1. The molecule has 0 amide bonds. The lowest BCUT2D eigenvalue weighted by atomic mass is 9.93. The zero-order chi connectivity index (χ0) is 18.8. The van der Waals surface area contributed by atoms with Gasteiger partial charge in [-0.05, 0) is 35.2 Å². The van der Waals surface area contributed by atoms with Gasteiger partial charge in [-0.25, -0.2) is 4.98 Å². The Balaban J connectivity index is 1.86. The average molecular weight is 396 g/mol. The SMILES string of the molecule is CCc1ccc(-c2c[nH]cc2C(c2ccc(Cl)cc2Cl)n2ccnc2)cc1. The third kappa shape index (κ3) is 3.53. The predicted octanol–water partition coefficient (Wildman–Crippen LogP) is 6.39. The first-order valence-electron chi connectivity index (χ1n) is 8.85. The molecule has 0 fully saturated rings. The van der Waals surface area contributed by atoms with E-state index in [1.807, 2.05) is 37.1 Å². The first-order valence-corrected chi connectivity index (χ1v) is 9.61. The minimum Gasteiger partial charge on any atom is -0.367 e. The van der Waals surface area contributed by atoms with E-state index in [1.54, 1.807) is 12.3 Å². The van der Waals surface area contributed by atoms with Crippen LogP contribution in [-0.4, -0.2) is 14.5 Å². The fourth-order valence-electron chi connectivity index (χ4n) is 3.41. The lowest BCUT2D eigenvalue weighted by molar-refractivity contribution is 0.679. The highest BCUT2D eigenvalue weighted by atomic mass is 35.5. The van der Waals surface area contributed by atoms with Crippen LogP contribution < -0.4 is 0 Å². The fraction of sp³-hybridized carbons (Fsp3) is 0.136. The van der Waals surface area contributed by atoms with Gasteiger partial charge in [-0.1, -0.05) is 60.5 Å². The van der Waals surface area contributed by atoms with Gasteiger partial charge in [-0.2, -0.15) is 0 Å². The van der Waals surface area contributed by atoms with Gasteiger partial charge in [0.1, 0.15) is 0 Å². The molecule has 0 aliphatic carbocycles. The molecule has 0 radical (unpaired) electrons. The van der Waals surface area contributed by atoms with Crippen molar-refractivity contribution in [1.82, 2.24) is 14.5 Å². The van der Waals surface area contributed by atoms with Crippen LogP contribution >= 0.6 is 23.2 Å². The summed E-state index contributed by atoms with van der Waals surface area (Å²) in [5.74, 6) is 0. The smallest absolute Gasteiger partial charge is 0.0954 e. The topological polar surface area (TPSA) is 33.6 Å². The zero-order valence-electron chi connectivity index (χ0n) is 14.9. The van der Waals surface area contributed by atoms with Crippen LogP contribution in [0.25, 0.3) is 11.1 Å². The van der Waals surface area contributed by atoms with Crippen LogP contribution in [0, 0.1) is 0 Å². The van der Waals surface area contributed by atoms with Crippen LogP contribution in [0.5, 0.6) is 0 Å². The van der Waals surface area contributed by atoms with Crippen molar-refractivity contribution in [3.05, 3.63) is 100 Å². The Morgan fingerprint density at radius 3 is 2.52 bits per heavy atom. The van der Waals surface area contributed by atoms with Crippen LogP contribution in [-0.2, 0) is 6.42 Å². The molecule has 1 atom stereocenters. The lowest BCUT2D eigenvalue weighted by Crippen LogP contribution is -2.11. The Bertz CT molecular complexity index is 1030. The summed E-state index contributed by atoms with van der Waals surface area (Å²) in [5, 5.41) is 1.26. The number of aromatic amines is 1. The molecule has 2 heterocycles. The predicted molar refractivity (Wildman–Crippen MR) is 112 cm³/mol. The number of hydrogen-bond acceptors (Lipinski definition) is 1. The largest absolute Gasteiger partial charge is 0.367 e. The number of rotatable bonds is 5. The summed E-state index contributed by atoms with van der Waals surface area (Å²) >= 11 is 12.7. The van der Waals surface area contributed by atoms with Crippen LogP contribution in [0.2, 0.25) is 10.0 Å². The van der Waals surface area contributed by atoms with E-state index in [-0.39, 0.29) is 6.04 Å². The molecular weight excluding hydrogens is 377 g/mol. The molecule has 0 saturated heterocycles. The summed E-state index contributed by atoms with van der Waals surface area (Å²) in [4.78, 5) is 7.50. The number of aromatic nitrogens is 3. The second-order valence-electron chi connectivity index (χ2n) is 6.45. The summed E-state index contributed by atoms with van der Waals surface area (Å²) in [6, 6.07) is 14.2. The number of benzene rings is 2. The van der Waals surface area contributed by atoms with Crippen molar-refractivity contribution in [2.45, 2.75) is 19.4 Å². The van der Waals surface area contributed by atoms with Gasteiger partial charge >= 0.3 is 0 Å². The van der Waals surface area contributed by atoms with Crippen molar-refractivity contribution in [2.24, 2.45) is 0 Å². The standard InChI is InChI=1S/C22H19Cl2N3/c1-2-15-3-5-16(6-4-15)19-12-26-13-20(19)22(27-10-9-25-14-27)18-8-7-17(23)11-21(18)24/h3-14,22,26H,2H2,1H3. The van der Waals surface area contributed by atoms with Crippen molar-refractivity contribution in [1.29, 1.82) is 0 Å². The minimum absolute atomic E-state index is 0.107. The average Bonchev–Trinajstić information content (AvgIpc) is 3.36. The molecule has 4 aromatic rings. The summed E-state index contributed by atoms with van der Waals surface area (Å²) in [6.07, 6.45) is 10.6. The van der Waals surface area contributed by atoms with Gasteiger partial charge in [0.05, 0.1) is 12.4 Å². The fourth-order valence-corrected chi connectivity index (χ4v) is 3.92. The Morgan fingerprint density at radius 2 is 1.85 bits per heavy atom. The molecule has 0 spiro atoms. The summed E-state index contributed by atoms with van der Waals surface area (Å²) < 4.78 is 2.06. The van der Waals surface area contributed by atoms with Crippen molar-refractivity contribution in [3.8, 4) is 11.1 Å². The third-order valence-electron chi connectivity index (χ3n) is 4.83. The maximum atomic E-state index is 6.57. The van der Waals surface area contributed by atoms with Crippen molar-refractivity contribution >= 4 is 23.2 Å². The number of nitrogens with zero attached hydrogens (tertiary/aromatic N) is 2. The lowest BCUT2D eigenvalue weighted by Gasteiger charge is -2.21. The van der Waals surface area contributed by atoms with E-state index in [0.717, 1.165) is 23.1 Å². The molecule has 1 N–H and O–H groups in total. The molecule has 4 rings (SSSR count). The molecule has 2 aromatic carbocycles. The Morgan fingerprint density at radius 1 is 1.04 bits per heavy atom. The molecule has 3 nitrogen and oxygen atoms in total. The van der Waals surface area contributed by atoms with Crippen molar-refractivity contribution in [3.63, 3.8) is 0 Å². The van der Waals surface area contributed by atoms with Gasteiger partial charge in [0.25, 0.3) is 0 Å². The number of halogens is 2. The van der Waals surface area contributed by atoms with E-state index in [9.17, 15) is 0 Å². The number of aryl methyl sites for hydroxylation is 1. The normalized spacial score (nSPS) is 12.3. The number of hydrogen-bond donors (Lipinski definition) is 1. The van der Waals surface area contributed by atoms with Gasteiger partial charge < -0.3 is 9.55 Å². The first kappa shape index (κ1) is 17.9. The molecule has 2 aromatic heterocycles. The Labute approximate surface area is 168 Å². The van der Waals surface area contributed by atoms with E-state index in [0.29, 0.717) is 10.0 Å². The maximum absolute atomic E-state index is 6.57. The molecule has 1 unspecified atom stereocenters. The summed E-state index contributed by atoms with van der Waals surface area (Å²) in [6.45, 7) is 2.16. The Kier molecular flexibility index (Phi) is 5.06.